The van der Waals surface area contributed by atoms with Crippen molar-refractivity contribution in [2.45, 2.75) is 73.0 Å². The highest BCUT2D eigenvalue weighted by molar-refractivity contribution is 4.74. The lowest BCUT2D eigenvalue weighted by molar-refractivity contribution is 0.0408. The third kappa shape index (κ3) is 9.86. The van der Waals surface area contributed by atoms with Crippen LogP contribution in [0, 0.1) is 11.8 Å². The highest BCUT2D eigenvalue weighted by Gasteiger charge is 2.22. The fraction of sp³-hybridized carbons (Fsp3) is 1.00. The van der Waals surface area contributed by atoms with Crippen LogP contribution in [-0.4, -0.2) is 35.6 Å². The standard InChI is InChI=1S/C8H16O.C6H14O2.CH4/c1-6-3-4-7(2)8(9)5-6;1-3-6(7)5-8-4-2;/h6-9H,3-5H2,1-2H3;6-7H,3-5H2,1-2H3;1H4. The SMILES string of the molecule is C.CC1CCC(C)C(O)C1.CCOCC(O)CC. The van der Waals surface area contributed by atoms with Gasteiger partial charge in [-0.05, 0) is 38.0 Å². The van der Waals surface area contributed by atoms with E-state index in [1.54, 1.807) is 0 Å². The van der Waals surface area contributed by atoms with E-state index in [0.29, 0.717) is 19.1 Å². The molecule has 1 rings (SSSR count). The van der Waals surface area contributed by atoms with Crippen LogP contribution in [0.3, 0.4) is 0 Å². The topological polar surface area (TPSA) is 49.7 Å². The fourth-order valence-corrected chi connectivity index (χ4v) is 1.87. The molecule has 1 saturated carbocycles. The van der Waals surface area contributed by atoms with Gasteiger partial charge in [-0.1, -0.05) is 34.6 Å². The van der Waals surface area contributed by atoms with Crippen molar-refractivity contribution in [3.05, 3.63) is 0 Å². The molecule has 3 nitrogen and oxygen atoms in total. The number of aliphatic hydroxyl groups is 2. The monoisotopic (exact) mass is 262 g/mol. The second-order valence-electron chi connectivity index (χ2n) is 5.18. The molecular formula is C15H34O3. The largest absolute Gasteiger partial charge is 0.393 e. The van der Waals surface area contributed by atoms with Gasteiger partial charge in [0, 0.05) is 6.61 Å². The van der Waals surface area contributed by atoms with Crippen LogP contribution in [0.15, 0.2) is 0 Å². The second-order valence-corrected chi connectivity index (χ2v) is 5.18. The van der Waals surface area contributed by atoms with Crippen LogP contribution >= 0.6 is 0 Å². The average molecular weight is 262 g/mol. The summed E-state index contributed by atoms with van der Waals surface area (Å²) in [5.41, 5.74) is 0. The van der Waals surface area contributed by atoms with E-state index in [2.05, 4.69) is 13.8 Å². The van der Waals surface area contributed by atoms with E-state index >= 15 is 0 Å². The zero-order valence-electron chi connectivity index (χ0n) is 11.9. The van der Waals surface area contributed by atoms with Crippen LogP contribution < -0.4 is 0 Å². The van der Waals surface area contributed by atoms with Crippen molar-refractivity contribution in [3.8, 4) is 0 Å². The van der Waals surface area contributed by atoms with Gasteiger partial charge in [-0.25, -0.2) is 0 Å². The Balaban J connectivity index is 0. The highest BCUT2D eigenvalue weighted by atomic mass is 16.5. The van der Waals surface area contributed by atoms with E-state index in [9.17, 15) is 5.11 Å². The van der Waals surface area contributed by atoms with Gasteiger partial charge >= 0.3 is 0 Å². The zero-order valence-corrected chi connectivity index (χ0v) is 11.9. The molecule has 4 atom stereocenters. The lowest BCUT2D eigenvalue weighted by Gasteiger charge is -2.28. The summed E-state index contributed by atoms with van der Waals surface area (Å²) in [7, 11) is 0. The molecule has 1 fully saturated rings. The van der Waals surface area contributed by atoms with Gasteiger partial charge < -0.3 is 14.9 Å². The Bertz CT molecular complexity index is 173. The predicted molar refractivity (Wildman–Crippen MR) is 77.7 cm³/mol. The van der Waals surface area contributed by atoms with E-state index in [0.717, 1.165) is 18.8 Å². The molecule has 0 bridgehead atoms. The molecule has 0 radical (unpaired) electrons. The third-order valence-electron chi connectivity index (χ3n) is 3.40. The van der Waals surface area contributed by atoms with Crippen LogP contribution in [0.2, 0.25) is 0 Å². The van der Waals surface area contributed by atoms with Crippen molar-refractivity contribution >= 4 is 0 Å². The third-order valence-corrected chi connectivity index (χ3v) is 3.40. The maximum Gasteiger partial charge on any atom is 0.0771 e. The molecule has 0 saturated heterocycles. The molecule has 0 aromatic heterocycles. The molecule has 0 amide bonds. The normalized spacial score (nSPS) is 28.7. The Morgan fingerprint density at radius 1 is 1.22 bits per heavy atom. The minimum atomic E-state index is -0.269. The molecule has 0 heterocycles. The van der Waals surface area contributed by atoms with Crippen molar-refractivity contribution in [3.63, 3.8) is 0 Å². The summed E-state index contributed by atoms with van der Waals surface area (Å²) in [4.78, 5) is 0. The molecule has 0 aromatic rings. The molecule has 0 spiro atoms. The molecule has 18 heavy (non-hydrogen) atoms. The molecule has 1 aliphatic carbocycles. The van der Waals surface area contributed by atoms with Crippen molar-refractivity contribution in [1.82, 2.24) is 0 Å². The van der Waals surface area contributed by atoms with E-state index in [-0.39, 0.29) is 19.6 Å². The molecule has 4 unspecified atom stereocenters. The van der Waals surface area contributed by atoms with Crippen molar-refractivity contribution in [1.29, 1.82) is 0 Å². The predicted octanol–water partition coefficient (Wildman–Crippen LogP) is 3.23. The van der Waals surface area contributed by atoms with Crippen molar-refractivity contribution < 1.29 is 14.9 Å². The zero-order chi connectivity index (χ0) is 13.3. The van der Waals surface area contributed by atoms with Crippen LogP contribution in [-0.2, 0) is 4.74 Å². The number of hydrogen-bond donors (Lipinski definition) is 2. The van der Waals surface area contributed by atoms with E-state index in [1.165, 1.54) is 12.8 Å². The van der Waals surface area contributed by atoms with Gasteiger partial charge in [-0.3, -0.25) is 0 Å². The smallest absolute Gasteiger partial charge is 0.0771 e. The molecule has 2 N–H and O–H groups in total. The van der Waals surface area contributed by atoms with Crippen LogP contribution in [0.5, 0.6) is 0 Å². The lowest BCUT2D eigenvalue weighted by Crippen LogP contribution is -2.25. The first-order valence-corrected chi connectivity index (χ1v) is 6.95. The van der Waals surface area contributed by atoms with Gasteiger partial charge in [-0.2, -0.15) is 0 Å². The first-order valence-electron chi connectivity index (χ1n) is 6.95. The summed E-state index contributed by atoms with van der Waals surface area (Å²) in [5.74, 6) is 1.29. The number of aliphatic hydroxyl groups excluding tert-OH is 2. The van der Waals surface area contributed by atoms with Crippen LogP contribution in [0.1, 0.15) is 60.8 Å². The van der Waals surface area contributed by atoms with E-state index < -0.39 is 0 Å². The van der Waals surface area contributed by atoms with Gasteiger partial charge in [0.05, 0.1) is 18.8 Å². The number of rotatable bonds is 4. The first kappa shape index (κ1) is 20.2. The minimum Gasteiger partial charge on any atom is -0.393 e. The van der Waals surface area contributed by atoms with Crippen LogP contribution in [0.4, 0.5) is 0 Å². The average Bonchev–Trinajstić information content (AvgIpc) is 2.32. The summed E-state index contributed by atoms with van der Waals surface area (Å²) < 4.78 is 4.94. The summed E-state index contributed by atoms with van der Waals surface area (Å²) >= 11 is 0. The van der Waals surface area contributed by atoms with E-state index in [4.69, 9.17) is 9.84 Å². The Labute approximate surface area is 114 Å². The first-order chi connectivity index (χ1) is 8.01. The maximum absolute atomic E-state index is 9.35. The summed E-state index contributed by atoms with van der Waals surface area (Å²) in [6, 6.07) is 0. The Hall–Kier alpha value is -0.120. The Morgan fingerprint density at radius 2 is 1.83 bits per heavy atom. The van der Waals surface area contributed by atoms with Gasteiger partial charge in [0.25, 0.3) is 0 Å². The second kappa shape index (κ2) is 11.9. The molecule has 0 aliphatic heterocycles. The fourth-order valence-electron chi connectivity index (χ4n) is 1.87. The number of hydrogen-bond acceptors (Lipinski definition) is 3. The maximum atomic E-state index is 9.35. The molecular weight excluding hydrogens is 228 g/mol. The summed E-state index contributed by atoms with van der Waals surface area (Å²) in [6.07, 6.45) is 4.02. The van der Waals surface area contributed by atoms with Crippen molar-refractivity contribution in [2.24, 2.45) is 11.8 Å². The van der Waals surface area contributed by atoms with E-state index in [1.807, 2.05) is 13.8 Å². The van der Waals surface area contributed by atoms with Gasteiger partial charge in [0.2, 0.25) is 0 Å². The summed E-state index contributed by atoms with van der Waals surface area (Å²) in [5, 5.41) is 18.2. The molecule has 1 aliphatic rings. The molecule has 112 valence electrons. The highest BCUT2D eigenvalue weighted by Crippen LogP contribution is 2.27. The van der Waals surface area contributed by atoms with Crippen molar-refractivity contribution in [2.75, 3.05) is 13.2 Å². The number of ether oxygens (including phenoxy) is 1. The molecule has 3 heteroatoms. The van der Waals surface area contributed by atoms with Gasteiger partial charge in [0.1, 0.15) is 0 Å². The minimum absolute atomic E-state index is 0. The lowest BCUT2D eigenvalue weighted by atomic mass is 9.82. The van der Waals surface area contributed by atoms with Gasteiger partial charge in [-0.15, -0.1) is 0 Å². The van der Waals surface area contributed by atoms with Gasteiger partial charge in [0.15, 0.2) is 0 Å². The Morgan fingerprint density at radius 3 is 2.22 bits per heavy atom. The quantitative estimate of drug-likeness (QED) is 0.818. The van der Waals surface area contributed by atoms with Crippen LogP contribution in [0.25, 0.3) is 0 Å². The molecule has 0 aromatic carbocycles. The Kier molecular flexibility index (Phi) is 13.4. The summed E-state index contributed by atoms with van der Waals surface area (Å²) in [6.45, 7) is 9.38.